The van der Waals surface area contributed by atoms with Gasteiger partial charge in [0.1, 0.15) is 28.1 Å². The van der Waals surface area contributed by atoms with Crippen molar-refractivity contribution in [3.05, 3.63) is 34.8 Å². The predicted octanol–water partition coefficient (Wildman–Crippen LogP) is 2.60. The average Bonchev–Trinajstić information content (AvgIpc) is 3.75. The second-order valence-electron chi connectivity index (χ2n) is 14.2. The Morgan fingerprint density at radius 3 is 2.63 bits per heavy atom. The first-order valence-corrected chi connectivity index (χ1v) is 16.3. The number of H-pyrrole nitrogens is 1. The minimum atomic E-state index is -0.770. The number of amides is 3. The van der Waals surface area contributed by atoms with Gasteiger partial charge in [-0.25, -0.2) is 33.3 Å². The van der Waals surface area contributed by atoms with Gasteiger partial charge in [-0.2, -0.15) is 0 Å². The number of likely N-dealkylation sites (tertiary alicyclic amines) is 1. The molecule has 2 atom stereocenters. The normalized spacial score (nSPS) is 19.8. The molecule has 1 aliphatic carbocycles. The van der Waals surface area contributed by atoms with E-state index in [1.165, 1.54) is 11.1 Å². The van der Waals surface area contributed by atoms with Crippen molar-refractivity contribution >= 4 is 40.8 Å². The van der Waals surface area contributed by atoms with Crippen LogP contribution in [0.25, 0.3) is 11.0 Å². The zero-order valence-corrected chi connectivity index (χ0v) is 27.4. The maximum Gasteiger partial charge on any atom is 0.416 e. The molecule has 0 saturated carbocycles. The van der Waals surface area contributed by atoms with Crippen LogP contribution in [-0.2, 0) is 33.5 Å². The quantitative estimate of drug-likeness (QED) is 0.287. The molecule has 3 aromatic rings. The lowest BCUT2D eigenvalue weighted by Crippen LogP contribution is -2.48. The molecule has 4 aliphatic rings. The molecule has 2 aromatic heterocycles. The number of carbonyl (C=O) groups is 3. The van der Waals surface area contributed by atoms with E-state index in [9.17, 15) is 19.5 Å². The summed E-state index contributed by atoms with van der Waals surface area (Å²) in [5, 5.41) is 14.9. The Bertz CT molecular complexity index is 1770. The van der Waals surface area contributed by atoms with Crippen LogP contribution in [0, 0.1) is 17.6 Å². The van der Waals surface area contributed by atoms with Crippen molar-refractivity contribution in [2.45, 2.75) is 70.1 Å². The topological polar surface area (TPSA) is 184 Å². The van der Waals surface area contributed by atoms with E-state index in [0.29, 0.717) is 56.4 Å². The van der Waals surface area contributed by atoms with E-state index in [-0.39, 0.29) is 65.8 Å². The molecule has 3 amide bonds. The number of aromatic nitrogens is 4. The summed E-state index contributed by atoms with van der Waals surface area (Å²) in [6.07, 6.45) is 2.05. The predicted molar refractivity (Wildman–Crippen MR) is 169 cm³/mol. The van der Waals surface area contributed by atoms with Gasteiger partial charge in [-0.1, -0.05) is 0 Å². The molecule has 1 aromatic carbocycles. The highest BCUT2D eigenvalue weighted by Crippen LogP contribution is 2.39. The van der Waals surface area contributed by atoms with Crippen LogP contribution >= 0.6 is 0 Å². The Morgan fingerprint density at radius 1 is 1.18 bits per heavy atom. The molecular weight excluding hydrogens is 646 g/mol. The monoisotopic (exact) mass is 684 g/mol. The zero-order valence-electron chi connectivity index (χ0n) is 27.4. The molecule has 1 unspecified atom stereocenters. The fourth-order valence-electron chi connectivity index (χ4n) is 7.02. The van der Waals surface area contributed by atoms with Crippen LogP contribution in [0.5, 0.6) is 5.88 Å². The minimum Gasteiger partial charge on any atom is -0.465 e. The summed E-state index contributed by atoms with van der Waals surface area (Å²) in [5.41, 5.74) is -0.923. The summed E-state index contributed by atoms with van der Waals surface area (Å²) >= 11 is 0. The van der Waals surface area contributed by atoms with Gasteiger partial charge in [-0.15, -0.1) is 0 Å². The summed E-state index contributed by atoms with van der Waals surface area (Å²) in [6, 6.07) is -0.770. The van der Waals surface area contributed by atoms with Crippen LogP contribution in [0.3, 0.4) is 0 Å². The van der Waals surface area contributed by atoms with Gasteiger partial charge < -0.3 is 39.8 Å². The number of benzene rings is 1. The van der Waals surface area contributed by atoms with Crippen molar-refractivity contribution < 1.29 is 42.5 Å². The molecule has 4 N–H and O–H groups in total. The van der Waals surface area contributed by atoms with Gasteiger partial charge in [0.15, 0.2) is 29.9 Å². The molecule has 2 saturated heterocycles. The maximum absolute atomic E-state index is 15.8. The van der Waals surface area contributed by atoms with Crippen LogP contribution in [0.15, 0.2) is 6.20 Å². The maximum atomic E-state index is 15.8. The number of piperidine rings is 1. The van der Waals surface area contributed by atoms with Crippen LogP contribution in [0.1, 0.15) is 50.6 Å². The summed E-state index contributed by atoms with van der Waals surface area (Å²) < 4.78 is 47.9. The first-order valence-electron chi connectivity index (χ1n) is 16.3. The fourth-order valence-corrected chi connectivity index (χ4v) is 7.02. The number of carbonyl (C=O) groups excluding carboxylic acids is 3. The van der Waals surface area contributed by atoms with E-state index < -0.39 is 47.7 Å². The van der Waals surface area contributed by atoms with Gasteiger partial charge in [0, 0.05) is 38.9 Å². The number of hydrogen-bond acceptors (Lipinski definition) is 11. The number of alkyl carbamates (subject to hydrolysis) is 1. The smallest absolute Gasteiger partial charge is 0.416 e. The Kier molecular flexibility index (Phi) is 8.29. The third-order valence-corrected chi connectivity index (χ3v) is 9.30. The van der Waals surface area contributed by atoms with Crippen molar-refractivity contribution in [1.82, 2.24) is 30.2 Å². The highest BCUT2D eigenvalue weighted by atomic mass is 19.1. The average molecular weight is 685 g/mol. The number of hydrogen-bond donors (Lipinski definition) is 4. The number of rotatable bonds is 7. The van der Waals surface area contributed by atoms with E-state index in [2.05, 4.69) is 35.5 Å². The lowest BCUT2D eigenvalue weighted by atomic mass is 9.90. The van der Waals surface area contributed by atoms with Gasteiger partial charge in [-0.05, 0) is 50.7 Å². The third kappa shape index (κ3) is 6.56. The SMILES string of the molecule is CC(C)(C)OC(=O)N[C@H](CO)Cc1nc2c(F)c3c(c(F)c2[nH]1)CC(CN1CCC2(CC1)CN(c1cnc4c(n1)NC(=O)CO4)C(=O)O2)C3. The first kappa shape index (κ1) is 32.9. The Morgan fingerprint density at radius 2 is 1.92 bits per heavy atom. The van der Waals surface area contributed by atoms with E-state index in [4.69, 9.17) is 14.2 Å². The van der Waals surface area contributed by atoms with Gasteiger partial charge in [0.25, 0.3) is 11.8 Å². The number of aliphatic hydroxyl groups is 1. The summed E-state index contributed by atoms with van der Waals surface area (Å²) in [7, 11) is 0. The standard InChI is InChI=1S/C32H38F2N8O7/c1-31(2,3)48-29(45)36-17(13-43)10-20-37-25-23(33)18-8-16(9-19(18)24(34)26(25)38-20)12-41-6-4-32(5-7-41)15-42(30(46)49-32)21-11-35-28-27(39-21)40-22(44)14-47-28/h11,16-17,43H,4-10,12-15H2,1-3H3,(H,36,45)(H,37,38)(H,39,40,44)/t17-/m0/s1. The van der Waals surface area contributed by atoms with Crippen molar-refractivity contribution in [3.8, 4) is 5.88 Å². The number of fused-ring (bicyclic) bond motifs is 3. The third-order valence-electron chi connectivity index (χ3n) is 9.30. The lowest BCUT2D eigenvalue weighted by Gasteiger charge is -2.38. The number of ether oxygens (including phenoxy) is 3. The molecule has 17 heteroatoms. The van der Waals surface area contributed by atoms with Gasteiger partial charge in [0.2, 0.25) is 0 Å². The van der Waals surface area contributed by atoms with E-state index in [0.717, 1.165) is 0 Å². The van der Waals surface area contributed by atoms with Gasteiger partial charge in [-0.3, -0.25) is 9.69 Å². The van der Waals surface area contributed by atoms with Gasteiger partial charge >= 0.3 is 12.2 Å². The molecule has 3 aliphatic heterocycles. The van der Waals surface area contributed by atoms with Crippen LogP contribution in [0.4, 0.5) is 30.0 Å². The highest BCUT2D eigenvalue weighted by molar-refractivity contribution is 5.95. The van der Waals surface area contributed by atoms with Crippen molar-refractivity contribution in [2.24, 2.45) is 5.92 Å². The number of anilines is 2. The number of nitrogens with one attached hydrogen (secondary N) is 3. The number of nitrogens with zero attached hydrogens (tertiary/aromatic N) is 5. The second-order valence-corrected chi connectivity index (χ2v) is 14.2. The van der Waals surface area contributed by atoms with Crippen LogP contribution in [-0.4, -0.2) is 105 Å². The molecular formula is C32H38F2N8O7. The first-order chi connectivity index (χ1) is 23.3. The van der Waals surface area contributed by atoms with Crippen LogP contribution < -0.4 is 20.3 Å². The van der Waals surface area contributed by atoms with E-state index >= 15 is 8.78 Å². The largest absolute Gasteiger partial charge is 0.465 e. The van der Waals surface area contributed by atoms with Gasteiger partial charge in [0.05, 0.1) is 25.4 Å². The molecule has 5 heterocycles. The summed E-state index contributed by atoms with van der Waals surface area (Å²) in [6.45, 7) is 6.75. The van der Waals surface area contributed by atoms with Crippen molar-refractivity contribution in [2.75, 3.05) is 49.6 Å². The van der Waals surface area contributed by atoms with E-state index in [1.807, 2.05) is 0 Å². The molecule has 262 valence electrons. The molecule has 2 fully saturated rings. The highest BCUT2D eigenvalue weighted by Gasteiger charge is 2.48. The van der Waals surface area contributed by atoms with Crippen molar-refractivity contribution in [3.63, 3.8) is 0 Å². The molecule has 0 bridgehead atoms. The summed E-state index contributed by atoms with van der Waals surface area (Å²) in [4.78, 5) is 56.1. The molecule has 7 rings (SSSR count). The molecule has 1 spiro atoms. The Hall–Kier alpha value is -4.64. The Labute approximate surface area is 279 Å². The second kappa shape index (κ2) is 12.4. The van der Waals surface area contributed by atoms with E-state index in [1.54, 1.807) is 20.8 Å². The number of halogens is 2. The summed E-state index contributed by atoms with van der Waals surface area (Å²) in [5.74, 6) is -0.650. The number of imidazole rings is 1. The molecule has 15 nitrogen and oxygen atoms in total. The van der Waals surface area contributed by atoms with Crippen molar-refractivity contribution in [1.29, 1.82) is 0 Å². The zero-order chi connectivity index (χ0) is 34.7. The molecule has 49 heavy (non-hydrogen) atoms. The number of aliphatic hydroxyl groups excluding tert-OH is 1. The van der Waals surface area contributed by atoms with Crippen LogP contribution in [0.2, 0.25) is 0 Å². The number of aromatic amines is 1. The molecule has 0 radical (unpaired) electrons. The lowest BCUT2D eigenvalue weighted by molar-refractivity contribution is -0.118. The Balaban J connectivity index is 0.961. The minimum absolute atomic E-state index is 0.0124. The fraction of sp³-hybridized carbons (Fsp3) is 0.562.